The van der Waals surface area contributed by atoms with E-state index < -0.39 is 0 Å². The van der Waals surface area contributed by atoms with Crippen molar-refractivity contribution in [3.05, 3.63) is 63.9 Å². The zero-order chi connectivity index (χ0) is 15.9. The van der Waals surface area contributed by atoms with Gasteiger partial charge < -0.3 is 10.2 Å². The molecule has 0 aliphatic heterocycles. The fourth-order valence-corrected chi connectivity index (χ4v) is 2.28. The summed E-state index contributed by atoms with van der Waals surface area (Å²) in [6, 6.07) is 11.5. The Morgan fingerprint density at radius 3 is 2.91 bits per heavy atom. The van der Waals surface area contributed by atoms with Crippen LogP contribution in [-0.2, 0) is 9.63 Å². The van der Waals surface area contributed by atoms with E-state index in [-0.39, 0.29) is 18.3 Å². The quantitative estimate of drug-likeness (QED) is 0.646. The highest BCUT2D eigenvalue weighted by molar-refractivity contribution is 9.10. The number of carbonyl (C=O) groups excluding carboxylic acids is 1. The molecule has 0 aliphatic rings. The van der Waals surface area contributed by atoms with E-state index in [2.05, 4.69) is 26.4 Å². The average Bonchev–Trinajstić information content (AvgIpc) is 2.47. The van der Waals surface area contributed by atoms with Crippen molar-refractivity contribution in [2.75, 3.05) is 11.9 Å². The van der Waals surface area contributed by atoms with Crippen LogP contribution in [0.5, 0.6) is 0 Å². The first-order valence-corrected chi connectivity index (χ1v) is 7.31. The summed E-state index contributed by atoms with van der Waals surface area (Å²) in [6.45, 7) is 1.73. The predicted molar refractivity (Wildman–Crippen MR) is 87.5 cm³/mol. The molecule has 0 aromatic heterocycles. The molecule has 0 atom stereocenters. The first-order chi connectivity index (χ1) is 10.5. The van der Waals surface area contributed by atoms with E-state index in [0.717, 1.165) is 10.0 Å². The van der Waals surface area contributed by atoms with Crippen LogP contribution in [0.1, 0.15) is 11.1 Å². The molecule has 0 aliphatic carbocycles. The van der Waals surface area contributed by atoms with E-state index in [4.69, 9.17) is 4.84 Å². The normalized spacial score (nSPS) is 10.7. The number of aryl methyl sites for hydroxylation is 1. The molecule has 0 saturated carbocycles. The number of nitrogens with one attached hydrogen (secondary N) is 1. The van der Waals surface area contributed by atoms with Gasteiger partial charge >= 0.3 is 0 Å². The zero-order valence-corrected chi connectivity index (χ0v) is 13.4. The molecule has 0 saturated heterocycles. The van der Waals surface area contributed by atoms with Crippen molar-refractivity contribution in [2.45, 2.75) is 6.92 Å². The Morgan fingerprint density at radius 1 is 1.36 bits per heavy atom. The van der Waals surface area contributed by atoms with Crippen LogP contribution in [0.15, 0.2) is 52.1 Å². The van der Waals surface area contributed by atoms with Crippen molar-refractivity contribution in [3.63, 3.8) is 0 Å². The smallest absolute Gasteiger partial charge is 0.265 e. The monoisotopic (exact) mass is 364 g/mol. The summed E-state index contributed by atoms with van der Waals surface area (Å²) in [5.74, 6) is -0.688. The number of nitrogens with zero attached hydrogens (tertiary/aromatic N) is 1. The minimum absolute atomic E-state index is 0.230. The minimum atomic E-state index is -0.356. The SMILES string of the molecule is Cc1ccc(NC(=O)CO/N=C\c2cccc(F)c2)c(Br)c1. The second-order valence-electron chi connectivity index (χ2n) is 4.59. The fourth-order valence-electron chi connectivity index (χ4n) is 1.69. The van der Waals surface area contributed by atoms with Gasteiger partial charge in [0.2, 0.25) is 0 Å². The summed E-state index contributed by atoms with van der Waals surface area (Å²) in [7, 11) is 0. The van der Waals surface area contributed by atoms with Crippen LogP contribution in [0.4, 0.5) is 10.1 Å². The van der Waals surface area contributed by atoms with Crippen LogP contribution >= 0.6 is 15.9 Å². The number of anilines is 1. The molecule has 1 N–H and O–H groups in total. The lowest BCUT2D eigenvalue weighted by Gasteiger charge is -2.07. The molecular weight excluding hydrogens is 351 g/mol. The molecule has 0 radical (unpaired) electrons. The van der Waals surface area contributed by atoms with Crippen molar-refractivity contribution < 1.29 is 14.0 Å². The standard InChI is InChI=1S/C16H14BrFN2O2/c1-11-5-6-15(14(17)7-11)20-16(21)10-22-19-9-12-3-2-4-13(18)8-12/h2-9H,10H2,1H3,(H,20,21)/b19-9-. The summed E-state index contributed by atoms with van der Waals surface area (Å²) in [5, 5.41) is 6.34. The van der Waals surface area contributed by atoms with E-state index in [0.29, 0.717) is 11.3 Å². The number of rotatable bonds is 5. The van der Waals surface area contributed by atoms with Crippen LogP contribution in [0.2, 0.25) is 0 Å². The summed E-state index contributed by atoms with van der Waals surface area (Å²) in [6.07, 6.45) is 1.35. The Labute approximate surface area is 136 Å². The number of carbonyl (C=O) groups is 1. The highest BCUT2D eigenvalue weighted by Gasteiger charge is 2.05. The lowest BCUT2D eigenvalue weighted by Crippen LogP contribution is -2.17. The number of oxime groups is 1. The molecule has 0 unspecified atom stereocenters. The van der Waals surface area contributed by atoms with Gasteiger partial charge in [0.25, 0.3) is 5.91 Å². The van der Waals surface area contributed by atoms with Gasteiger partial charge in [0, 0.05) is 4.47 Å². The molecular formula is C16H14BrFN2O2. The summed E-state index contributed by atoms with van der Waals surface area (Å²) < 4.78 is 13.7. The third-order valence-electron chi connectivity index (χ3n) is 2.72. The van der Waals surface area contributed by atoms with Crippen molar-refractivity contribution in [2.24, 2.45) is 5.16 Å². The first kappa shape index (κ1) is 16.2. The van der Waals surface area contributed by atoms with Crippen LogP contribution in [0, 0.1) is 12.7 Å². The topological polar surface area (TPSA) is 50.7 Å². The van der Waals surface area contributed by atoms with Gasteiger partial charge in [-0.05, 0) is 58.2 Å². The molecule has 1 amide bonds. The number of benzene rings is 2. The Kier molecular flexibility index (Phi) is 5.66. The second-order valence-corrected chi connectivity index (χ2v) is 5.45. The Bertz CT molecular complexity index is 704. The highest BCUT2D eigenvalue weighted by atomic mass is 79.9. The van der Waals surface area contributed by atoms with Gasteiger partial charge in [0.1, 0.15) is 5.82 Å². The number of halogens is 2. The van der Waals surface area contributed by atoms with Crippen molar-refractivity contribution in [1.29, 1.82) is 0 Å². The summed E-state index contributed by atoms with van der Waals surface area (Å²) in [5.41, 5.74) is 2.30. The molecule has 2 rings (SSSR count). The van der Waals surface area contributed by atoms with Gasteiger partial charge in [-0.25, -0.2) is 4.39 Å². The first-order valence-electron chi connectivity index (χ1n) is 6.51. The van der Waals surface area contributed by atoms with Gasteiger partial charge in [-0.3, -0.25) is 4.79 Å². The molecule has 2 aromatic carbocycles. The predicted octanol–water partition coefficient (Wildman–Crippen LogP) is 3.89. The van der Waals surface area contributed by atoms with Gasteiger partial charge in [0.15, 0.2) is 6.61 Å². The van der Waals surface area contributed by atoms with E-state index >= 15 is 0 Å². The molecule has 0 fully saturated rings. The van der Waals surface area contributed by atoms with Gasteiger partial charge in [-0.15, -0.1) is 0 Å². The largest absolute Gasteiger partial charge is 0.386 e. The maximum absolute atomic E-state index is 12.9. The maximum atomic E-state index is 12.9. The van der Waals surface area contributed by atoms with Crippen LogP contribution in [0.25, 0.3) is 0 Å². The lowest BCUT2D eigenvalue weighted by molar-refractivity contribution is -0.120. The molecule has 22 heavy (non-hydrogen) atoms. The molecule has 0 heterocycles. The van der Waals surface area contributed by atoms with Gasteiger partial charge in [-0.2, -0.15) is 0 Å². The van der Waals surface area contributed by atoms with Gasteiger partial charge in [0.05, 0.1) is 11.9 Å². The molecule has 2 aromatic rings. The lowest BCUT2D eigenvalue weighted by atomic mass is 10.2. The van der Waals surface area contributed by atoms with Crippen molar-refractivity contribution in [1.82, 2.24) is 0 Å². The van der Waals surface area contributed by atoms with Crippen LogP contribution in [0.3, 0.4) is 0 Å². The van der Waals surface area contributed by atoms with Crippen LogP contribution in [-0.4, -0.2) is 18.7 Å². The highest BCUT2D eigenvalue weighted by Crippen LogP contribution is 2.23. The number of amides is 1. The summed E-state index contributed by atoms with van der Waals surface area (Å²) >= 11 is 3.37. The Balaban J connectivity index is 1.83. The zero-order valence-electron chi connectivity index (χ0n) is 11.8. The van der Waals surface area contributed by atoms with Crippen LogP contribution < -0.4 is 5.32 Å². The second kappa shape index (κ2) is 7.70. The minimum Gasteiger partial charge on any atom is -0.386 e. The fraction of sp³-hybridized carbons (Fsp3) is 0.125. The van der Waals surface area contributed by atoms with E-state index in [1.165, 1.54) is 18.3 Å². The third kappa shape index (κ3) is 4.96. The molecule has 4 nitrogen and oxygen atoms in total. The third-order valence-corrected chi connectivity index (χ3v) is 3.38. The van der Waals surface area contributed by atoms with Gasteiger partial charge in [-0.1, -0.05) is 23.4 Å². The van der Waals surface area contributed by atoms with Crippen molar-refractivity contribution >= 4 is 33.7 Å². The molecule has 0 bridgehead atoms. The Morgan fingerprint density at radius 2 is 2.18 bits per heavy atom. The summed E-state index contributed by atoms with van der Waals surface area (Å²) in [4.78, 5) is 16.6. The van der Waals surface area contributed by atoms with Crippen molar-refractivity contribution in [3.8, 4) is 0 Å². The molecule has 6 heteroatoms. The molecule has 0 spiro atoms. The van der Waals surface area contributed by atoms with E-state index in [1.807, 2.05) is 19.1 Å². The average molecular weight is 365 g/mol. The maximum Gasteiger partial charge on any atom is 0.265 e. The Hall–Kier alpha value is -2.21. The number of hydrogen-bond acceptors (Lipinski definition) is 3. The number of hydrogen-bond donors (Lipinski definition) is 1. The van der Waals surface area contributed by atoms with E-state index in [9.17, 15) is 9.18 Å². The molecule has 114 valence electrons. The van der Waals surface area contributed by atoms with E-state index in [1.54, 1.807) is 18.2 Å².